The maximum atomic E-state index is 11.2. The molecule has 6 nitrogen and oxygen atoms in total. The van der Waals surface area contributed by atoms with E-state index in [1.807, 2.05) is 37.5 Å². The van der Waals surface area contributed by atoms with Crippen LogP contribution in [0.5, 0.6) is 0 Å². The number of amides is 1. The van der Waals surface area contributed by atoms with Crippen LogP contribution in [-0.4, -0.2) is 33.8 Å². The Morgan fingerprint density at radius 3 is 2.62 bits per heavy atom. The second-order valence-corrected chi connectivity index (χ2v) is 5.48. The van der Waals surface area contributed by atoms with E-state index in [1.165, 1.54) is 0 Å². The van der Waals surface area contributed by atoms with Gasteiger partial charge in [0.15, 0.2) is 5.82 Å². The predicted molar refractivity (Wildman–Crippen MR) is 80.2 cm³/mol. The Morgan fingerprint density at radius 2 is 2.00 bits per heavy atom. The van der Waals surface area contributed by atoms with Gasteiger partial charge in [-0.05, 0) is 37.5 Å². The van der Waals surface area contributed by atoms with Gasteiger partial charge in [0.1, 0.15) is 5.82 Å². The second kappa shape index (κ2) is 5.55. The number of piperidine rings is 1. The molecule has 0 aromatic carbocycles. The van der Waals surface area contributed by atoms with Crippen LogP contribution in [0.15, 0.2) is 30.6 Å². The summed E-state index contributed by atoms with van der Waals surface area (Å²) in [5.74, 6) is 1.53. The maximum absolute atomic E-state index is 11.2. The van der Waals surface area contributed by atoms with Crippen molar-refractivity contribution in [3.63, 3.8) is 0 Å². The van der Waals surface area contributed by atoms with E-state index in [0.29, 0.717) is 0 Å². The minimum atomic E-state index is -0.191. The monoisotopic (exact) mass is 285 g/mol. The SMILES string of the molecule is Cc1cnn(-c2cccc(N3CCC(C(N)=O)CC3)n2)c1. The fourth-order valence-electron chi connectivity index (χ4n) is 2.65. The first-order valence-corrected chi connectivity index (χ1v) is 7.16. The molecule has 0 aliphatic carbocycles. The van der Waals surface area contributed by atoms with Gasteiger partial charge in [-0.15, -0.1) is 0 Å². The number of hydrogen-bond donors (Lipinski definition) is 1. The Labute approximate surface area is 123 Å². The molecule has 1 saturated heterocycles. The lowest BCUT2D eigenvalue weighted by atomic mass is 9.96. The number of nitrogens with zero attached hydrogens (tertiary/aromatic N) is 4. The summed E-state index contributed by atoms with van der Waals surface area (Å²) < 4.78 is 1.77. The molecule has 0 saturated carbocycles. The van der Waals surface area contributed by atoms with Crippen LogP contribution in [-0.2, 0) is 4.79 Å². The Kier molecular flexibility index (Phi) is 3.60. The zero-order chi connectivity index (χ0) is 14.8. The third-order valence-corrected chi connectivity index (χ3v) is 3.89. The average Bonchev–Trinajstić information content (AvgIpc) is 2.94. The molecule has 6 heteroatoms. The van der Waals surface area contributed by atoms with Gasteiger partial charge in [-0.2, -0.15) is 5.10 Å². The summed E-state index contributed by atoms with van der Waals surface area (Å²) in [6.45, 7) is 3.62. The van der Waals surface area contributed by atoms with Crippen molar-refractivity contribution in [3.8, 4) is 5.82 Å². The summed E-state index contributed by atoms with van der Waals surface area (Å²) >= 11 is 0. The molecule has 0 atom stereocenters. The van der Waals surface area contributed by atoms with Crippen LogP contribution in [0.25, 0.3) is 5.82 Å². The molecule has 2 aromatic rings. The van der Waals surface area contributed by atoms with Gasteiger partial charge in [-0.1, -0.05) is 6.07 Å². The summed E-state index contributed by atoms with van der Waals surface area (Å²) in [5.41, 5.74) is 6.47. The van der Waals surface area contributed by atoms with E-state index in [9.17, 15) is 4.79 Å². The van der Waals surface area contributed by atoms with Crippen molar-refractivity contribution in [1.82, 2.24) is 14.8 Å². The first kappa shape index (κ1) is 13.6. The van der Waals surface area contributed by atoms with Crippen LogP contribution < -0.4 is 10.6 Å². The lowest BCUT2D eigenvalue weighted by molar-refractivity contribution is -0.122. The third kappa shape index (κ3) is 2.89. The molecule has 0 unspecified atom stereocenters. The molecule has 110 valence electrons. The Hall–Kier alpha value is -2.37. The predicted octanol–water partition coefficient (Wildman–Crippen LogP) is 1.28. The summed E-state index contributed by atoms with van der Waals surface area (Å²) in [4.78, 5) is 18.1. The van der Waals surface area contributed by atoms with Crippen LogP contribution in [0.1, 0.15) is 18.4 Å². The molecule has 0 bridgehead atoms. The molecule has 1 amide bonds. The molecule has 3 heterocycles. The maximum Gasteiger partial charge on any atom is 0.220 e. The Morgan fingerprint density at radius 1 is 1.29 bits per heavy atom. The molecule has 2 aromatic heterocycles. The van der Waals surface area contributed by atoms with E-state index in [0.717, 1.165) is 43.1 Å². The molecule has 1 fully saturated rings. The van der Waals surface area contributed by atoms with Crippen molar-refractivity contribution in [2.24, 2.45) is 11.7 Å². The highest BCUT2D eigenvalue weighted by Crippen LogP contribution is 2.22. The topological polar surface area (TPSA) is 77.0 Å². The zero-order valence-corrected chi connectivity index (χ0v) is 12.1. The second-order valence-electron chi connectivity index (χ2n) is 5.48. The zero-order valence-electron chi connectivity index (χ0n) is 12.1. The van der Waals surface area contributed by atoms with Gasteiger partial charge < -0.3 is 10.6 Å². The molecule has 2 N–H and O–H groups in total. The van der Waals surface area contributed by atoms with Gasteiger partial charge in [-0.3, -0.25) is 4.79 Å². The molecular formula is C15H19N5O. The molecule has 0 radical (unpaired) electrons. The van der Waals surface area contributed by atoms with Crippen molar-refractivity contribution in [1.29, 1.82) is 0 Å². The number of carbonyl (C=O) groups excluding carboxylic acids is 1. The van der Waals surface area contributed by atoms with E-state index in [-0.39, 0.29) is 11.8 Å². The number of anilines is 1. The first-order chi connectivity index (χ1) is 10.1. The Bertz CT molecular complexity index is 643. The van der Waals surface area contributed by atoms with Crippen LogP contribution in [0, 0.1) is 12.8 Å². The fourth-order valence-corrected chi connectivity index (χ4v) is 2.65. The van der Waals surface area contributed by atoms with Gasteiger partial charge >= 0.3 is 0 Å². The van der Waals surface area contributed by atoms with E-state index >= 15 is 0 Å². The van der Waals surface area contributed by atoms with E-state index in [2.05, 4.69) is 15.0 Å². The minimum absolute atomic E-state index is 0.00167. The number of primary amides is 1. The third-order valence-electron chi connectivity index (χ3n) is 3.89. The smallest absolute Gasteiger partial charge is 0.220 e. The van der Waals surface area contributed by atoms with E-state index < -0.39 is 0 Å². The number of nitrogens with two attached hydrogens (primary N) is 1. The molecule has 0 spiro atoms. The van der Waals surface area contributed by atoms with Gasteiger partial charge in [-0.25, -0.2) is 9.67 Å². The highest BCUT2D eigenvalue weighted by molar-refractivity contribution is 5.77. The molecule has 21 heavy (non-hydrogen) atoms. The summed E-state index contributed by atoms with van der Waals surface area (Å²) in [5, 5.41) is 4.28. The number of carbonyl (C=O) groups is 1. The highest BCUT2D eigenvalue weighted by atomic mass is 16.1. The molecule has 1 aliphatic heterocycles. The van der Waals surface area contributed by atoms with Gasteiger partial charge in [0, 0.05) is 25.2 Å². The van der Waals surface area contributed by atoms with E-state index in [4.69, 9.17) is 5.73 Å². The summed E-state index contributed by atoms with van der Waals surface area (Å²) in [6, 6.07) is 5.91. The normalized spacial score (nSPS) is 16.1. The van der Waals surface area contributed by atoms with Crippen molar-refractivity contribution in [2.75, 3.05) is 18.0 Å². The van der Waals surface area contributed by atoms with Crippen LogP contribution in [0.2, 0.25) is 0 Å². The number of aromatic nitrogens is 3. The number of aryl methyl sites for hydroxylation is 1. The average molecular weight is 285 g/mol. The van der Waals surface area contributed by atoms with Gasteiger partial charge in [0.2, 0.25) is 5.91 Å². The van der Waals surface area contributed by atoms with Crippen LogP contribution in [0.3, 0.4) is 0 Å². The van der Waals surface area contributed by atoms with Crippen molar-refractivity contribution < 1.29 is 4.79 Å². The number of rotatable bonds is 3. The number of hydrogen-bond acceptors (Lipinski definition) is 4. The fraction of sp³-hybridized carbons (Fsp3) is 0.400. The largest absolute Gasteiger partial charge is 0.369 e. The molecule has 1 aliphatic rings. The van der Waals surface area contributed by atoms with Crippen LogP contribution >= 0.6 is 0 Å². The van der Waals surface area contributed by atoms with Crippen molar-refractivity contribution in [2.45, 2.75) is 19.8 Å². The van der Waals surface area contributed by atoms with Gasteiger partial charge in [0.05, 0.1) is 6.20 Å². The standard InChI is InChI=1S/C15H19N5O/c1-11-9-17-20(10-11)14-4-2-3-13(18-14)19-7-5-12(6-8-19)15(16)21/h2-4,9-10,12H,5-8H2,1H3,(H2,16,21). The van der Waals surface area contributed by atoms with Gasteiger partial charge in [0.25, 0.3) is 0 Å². The van der Waals surface area contributed by atoms with Crippen LogP contribution in [0.4, 0.5) is 5.82 Å². The van der Waals surface area contributed by atoms with Crippen molar-refractivity contribution in [3.05, 3.63) is 36.2 Å². The highest BCUT2D eigenvalue weighted by Gasteiger charge is 2.23. The summed E-state index contributed by atoms with van der Waals surface area (Å²) in [6.07, 6.45) is 5.35. The summed E-state index contributed by atoms with van der Waals surface area (Å²) in [7, 11) is 0. The van der Waals surface area contributed by atoms with E-state index in [1.54, 1.807) is 4.68 Å². The van der Waals surface area contributed by atoms with Crippen molar-refractivity contribution >= 4 is 11.7 Å². The quantitative estimate of drug-likeness (QED) is 0.921. The lowest BCUT2D eigenvalue weighted by Gasteiger charge is -2.31. The first-order valence-electron chi connectivity index (χ1n) is 7.16. The lowest BCUT2D eigenvalue weighted by Crippen LogP contribution is -2.39. The molecule has 3 rings (SSSR count). The number of pyridine rings is 1. The Balaban J connectivity index is 1.76. The minimum Gasteiger partial charge on any atom is -0.369 e. The molecular weight excluding hydrogens is 266 g/mol.